The van der Waals surface area contributed by atoms with Gasteiger partial charge in [0.2, 0.25) is 11.8 Å². The van der Waals surface area contributed by atoms with Gasteiger partial charge in [-0.3, -0.25) is 19.2 Å². The summed E-state index contributed by atoms with van der Waals surface area (Å²) in [5.74, 6) is -2.53. The first-order valence-corrected chi connectivity index (χ1v) is 27.1. The van der Waals surface area contributed by atoms with E-state index in [1.165, 1.54) is 34.1 Å². The van der Waals surface area contributed by atoms with Gasteiger partial charge in [-0.05, 0) is 148 Å². The predicted molar refractivity (Wildman–Crippen MR) is 309 cm³/mol. The highest BCUT2D eigenvalue weighted by molar-refractivity contribution is 6.02. The number of nitrogens with two attached hydrogens (primary N) is 1. The zero-order chi connectivity index (χ0) is 61.9. The molecule has 0 unspecified atom stereocenters. The molecule has 6 aromatic carbocycles. The number of halogens is 7. The second kappa shape index (κ2) is 28.6. The Balaban J connectivity index is 0.000000281. The first kappa shape index (κ1) is 66.6. The molecule has 2 atom stereocenters. The van der Waals surface area contributed by atoms with Gasteiger partial charge in [0.05, 0.1) is 30.0 Å². The summed E-state index contributed by atoms with van der Waals surface area (Å²) in [6, 6.07) is 33.0. The van der Waals surface area contributed by atoms with Crippen LogP contribution in [0.1, 0.15) is 98.9 Å². The van der Waals surface area contributed by atoms with Crippen LogP contribution in [-0.4, -0.2) is 71.3 Å². The zero-order valence-electron chi connectivity index (χ0n) is 48.0. The number of carboxylic acid groups (broad SMARTS) is 1. The van der Waals surface area contributed by atoms with Crippen molar-refractivity contribution in [2.75, 3.05) is 22.9 Å². The number of esters is 1. The molecule has 86 heavy (non-hydrogen) atoms. The van der Waals surface area contributed by atoms with Crippen LogP contribution >= 0.6 is 12.4 Å². The third kappa shape index (κ3) is 19.3. The zero-order valence-corrected chi connectivity index (χ0v) is 48.8. The molecule has 2 heterocycles. The van der Waals surface area contributed by atoms with Crippen molar-refractivity contribution in [1.29, 1.82) is 0 Å². The largest absolute Gasteiger partial charge is 0.489 e. The van der Waals surface area contributed by atoms with Crippen molar-refractivity contribution in [2.45, 2.75) is 129 Å². The number of benzene rings is 6. The maximum Gasteiger partial charge on any atom is 0.419 e. The fraction of sp³-hybridized carbons (Fsp3) is 0.349. The second-order valence-corrected chi connectivity index (χ2v) is 22.0. The summed E-state index contributed by atoms with van der Waals surface area (Å²) in [7, 11) is 0. The van der Waals surface area contributed by atoms with Crippen LogP contribution in [-0.2, 0) is 80.3 Å². The van der Waals surface area contributed by atoms with Crippen molar-refractivity contribution in [2.24, 2.45) is 5.73 Å². The monoisotopic (exact) mass is 1220 g/mol. The Labute approximate surface area is 499 Å². The summed E-state index contributed by atoms with van der Waals surface area (Å²) >= 11 is 0. The number of nitrogens with one attached hydrogen (secondary N) is 1. The van der Waals surface area contributed by atoms with E-state index in [9.17, 15) is 50.3 Å². The molecule has 0 bridgehead atoms. The van der Waals surface area contributed by atoms with E-state index in [0.717, 1.165) is 34.4 Å². The smallest absolute Gasteiger partial charge is 0.419 e. The molecule has 0 saturated heterocycles. The van der Waals surface area contributed by atoms with Crippen molar-refractivity contribution in [3.05, 3.63) is 178 Å². The highest BCUT2D eigenvalue weighted by atomic mass is 35.5. The van der Waals surface area contributed by atoms with Gasteiger partial charge < -0.3 is 54.4 Å². The number of anilines is 2. The van der Waals surface area contributed by atoms with E-state index >= 15 is 0 Å². The lowest BCUT2D eigenvalue weighted by Crippen LogP contribution is -2.50. The third-order valence-corrected chi connectivity index (χ3v) is 12.9. The highest BCUT2D eigenvalue weighted by Crippen LogP contribution is 2.40. The molecular weight excluding hydrogens is 1150 g/mol. The number of fused-ring (bicyclic) bond motifs is 2. The van der Waals surface area contributed by atoms with Gasteiger partial charge in [0.25, 0.3) is 0 Å². The number of nitrogens with zero attached hydrogens (tertiary/aromatic N) is 2. The van der Waals surface area contributed by atoms with Crippen molar-refractivity contribution < 1.29 is 83.8 Å². The molecule has 6 aromatic rings. The average molecular weight is 1220 g/mol. The lowest BCUT2D eigenvalue weighted by atomic mass is 10.1. The summed E-state index contributed by atoms with van der Waals surface area (Å²) < 4.78 is 116. The van der Waals surface area contributed by atoms with Crippen molar-refractivity contribution in [3.63, 3.8) is 0 Å². The van der Waals surface area contributed by atoms with Gasteiger partial charge in [-0.1, -0.05) is 72.8 Å². The van der Waals surface area contributed by atoms with E-state index in [-0.39, 0.29) is 56.9 Å². The summed E-state index contributed by atoms with van der Waals surface area (Å²) in [5, 5.41) is 11.4. The Hall–Kier alpha value is -8.50. The molecule has 0 fully saturated rings. The average Bonchev–Trinajstić information content (AvgIpc) is 2.07. The van der Waals surface area contributed by atoms with Gasteiger partial charge in [-0.25, -0.2) is 4.79 Å². The molecule has 0 spiro atoms. The maximum absolute atomic E-state index is 13.9. The number of rotatable bonds is 19. The normalized spacial score (nSPS) is 13.5. The van der Waals surface area contributed by atoms with E-state index in [4.69, 9.17) is 39.3 Å². The number of carbonyl (C=O) groups is 5. The summed E-state index contributed by atoms with van der Waals surface area (Å²) in [5.41, 5.74) is 7.15. The molecule has 2 aliphatic rings. The summed E-state index contributed by atoms with van der Waals surface area (Å²) in [6.07, 6.45) is -9.99. The predicted octanol–water partition coefficient (Wildman–Crippen LogP) is 12.4. The molecule has 0 aromatic heterocycles. The van der Waals surface area contributed by atoms with E-state index in [1.54, 1.807) is 126 Å². The molecular formula is C63H67ClF6N4O12. The summed E-state index contributed by atoms with van der Waals surface area (Å²) in [6.45, 7) is 10.5. The molecule has 3 amide bonds. The maximum atomic E-state index is 13.9. The number of alkyl carbamates (subject to hydrolysis) is 1. The van der Waals surface area contributed by atoms with E-state index in [1.807, 2.05) is 12.1 Å². The Morgan fingerprint density at radius 3 is 1.36 bits per heavy atom. The van der Waals surface area contributed by atoms with Gasteiger partial charge in [0.15, 0.2) is 0 Å². The Morgan fingerprint density at radius 2 is 0.953 bits per heavy atom. The molecule has 0 saturated carbocycles. The first-order valence-electron chi connectivity index (χ1n) is 27.1. The molecule has 0 aliphatic carbocycles. The topological polar surface area (TPSA) is 205 Å². The Bertz CT molecular complexity index is 3310. The van der Waals surface area contributed by atoms with Gasteiger partial charge >= 0.3 is 30.4 Å². The minimum Gasteiger partial charge on any atom is -0.489 e. The second-order valence-electron chi connectivity index (χ2n) is 22.0. The molecule has 23 heteroatoms. The van der Waals surface area contributed by atoms with Crippen molar-refractivity contribution in [3.8, 4) is 23.0 Å². The van der Waals surface area contributed by atoms with Crippen LogP contribution in [0.15, 0.2) is 133 Å². The molecule has 0 radical (unpaired) electrons. The van der Waals surface area contributed by atoms with Gasteiger partial charge in [0, 0.05) is 24.5 Å². The number of hydrogen-bond donors (Lipinski definition) is 3. The van der Waals surface area contributed by atoms with Crippen LogP contribution in [0.3, 0.4) is 0 Å². The number of alkyl halides is 6. The quantitative estimate of drug-likeness (QED) is 0.0510. The molecule has 460 valence electrons. The number of aliphatic carboxylic acids is 1. The molecule has 16 nitrogen and oxygen atoms in total. The molecule has 4 N–H and O–H groups in total. The standard InChI is InChI=1S/C36H41F3N2O7.C27H25F3N2O5.ClH/c1-34(2,3)47-31(42)20-28(40-33(44)48-35(4,5)6)32(43)41-17-16-25-19-26(13-14-29(25)41)45-22-24-12-15-30(27(18-24)36(37,38)39)46-21-23-10-8-7-9-11-23;28-27(29,30)21-12-18(6-9-24(21)37-15-17-4-2-1-3-5-17)16-36-20-7-8-23-19(13-20)10-11-32(23)26(35)22(31)14-25(33)34;/h7-15,18-19,28H,16-17,20-22H2,1-6H3,(H,40,44);1-9,12-13,22H,10-11,14-16,31H2,(H,33,34);1H/t28-;22-;/m11./s1. The van der Waals surface area contributed by atoms with Crippen LogP contribution in [0.25, 0.3) is 0 Å². The lowest BCUT2D eigenvalue weighted by molar-refractivity contribution is -0.156. The number of carbonyl (C=O) groups excluding carboxylic acids is 4. The Morgan fingerprint density at radius 1 is 0.535 bits per heavy atom. The minimum absolute atomic E-state index is 0. The summed E-state index contributed by atoms with van der Waals surface area (Å²) in [4.78, 5) is 65.2. The van der Waals surface area contributed by atoms with E-state index in [2.05, 4.69) is 5.32 Å². The Kier molecular flexibility index (Phi) is 22.2. The van der Waals surface area contributed by atoms with Crippen LogP contribution < -0.4 is 39.8 Å². The number of ether oxygens (including phenoxy) is 6. The number of hydrogen-bond acceptors (Lipinski definition) is 12. The fourth-order valence-electron chi connectivity index (χ4n) is 9.09. The van der Waals surface area contributed by atoms with Crippen LogP contribution in [0.4, 0.5) is 42.5 Å². The fourth-order valence-corrected chi connectivity index (χ4v) is 9.09. The van der Waals surface area contributed by atoms with Gasteiger partial charge in [0.1, 0.15) is 66.7 Å². The first-order chi connectivity index (χ1) is 40.0. The van der Waals surface area contributed by atoms with Crippen LogP contribution in [0, 0.1) is 0 Å². The van der Waals surface area contributed by atoms with E-state index < -0.39 is 89.5 Å². The number of amides is 3. The molecule has 2 aliphatic heterocycles. The van der Waals surface area contributed by atoms with Crippen molar-refractivity contribution in [1.82, 2.24) is 5.32 Å². The minimum atomic E-state index is -4.63. The highest BCUT2D eigenvalue weighted by Gasteiger charge is 2.38. The van der Waals surface area contributed by atoms with Crippen LogP contribution in [0.2, 0.25) is 0 Å². The van der Waals surface area contributed by atoms with E-state index in [0.29, 0.717) is 53.4 Å². The van der Waals surface area contributed by atoms with Gasteiger partial charge in [-0.15, -0.1) is 12.4 Å². The van der Waals surface area contributed by atoms with Gasteiger partial charge in [-0.2, -0.15) is 26.3 Å². The number of carboxylic acids is 1. The molecule has 8 rings (SSSR count). The lowest BCUT2D eigenvalue weighted by Gasteiger charge is -2.27. The van der Waals surface area contributed by atoms with Crippen molar-refractivity contribution >= 4 is 53.6 Å². The SMILES string of the molecule is CC(C)(C)OC(=O)C[C@@H](NC(=O)OC(C)(C)C)C(=O)N1CCc2cc(OCc3ccc(OCc4ccccc4)c(C(F)(F)F)c3)ccc21.Cl.N[C@H](CC(=O)O)C(=O)N1CCc2cc(OCc3ccc(OCc4ccccc4)c(C(F)(F)F)c3)ccc21. The third-order valence-electron chi connectivity index (χ3n) is 12.9. The van der Waals surface area contributed by atoms with Crippen LogP contribution in [0.5, 0.6) is 23.0 Å².